The third-order valence-electron chi connectivity index (χ3n) is 2.60. The number of nitrogens with two attached hydrogens (primary N) is 1. The van der Waals surface area contributed by atoms with Crippen molar-refractivity contribution >= 4 is 17.8 Å². The van der Waals surface area contributed by atoms with Gasteiger partial charge >= 0.3 is 0 Å². The molecule has 0 saturated heterocycles. The third-order valence-corrected chi connectivity index (χ3v) is 2.60. The van der Waals surface area contributed by atoms with E-state index in [0.717, 1.165) is 5.69 Å². The number of nitrogens with zero attached hydrogens (tertiary/aromatic N) is 3. The topological polar surface area (TPSA) is 71.6 Å². The Balaban J connectivity index is 3.00. The van der Waals surface area contributed by atoms with Gasteiger partial charge in [-0.1, -0.05) is 6.92 Å². The predicted octanol–water partition coefficient (Wildman–Crippen LogP) is 2.23. The molecule has 0 aliphatic carbocycles. The first-order valence-corrected chi connectivity index (χ1v) is 6.30. The van der Waals surface area contributed by atoms with E-state index in [1.54, 1.807) is 36.5 Å². The van der Waals surface area contributed by atoms with Crippen LogP contribution >= 0.6 is 0 Å². The van der Waals surface area contributed by atoms with Crippen molar-refractivity contribution in [2.24, 2.45) is 10.7 Å². The molecule has 0 bridgehead atoms. The number of allylic oxidation sites excluding steroid dienone is 2. The molecule has 102 valence electrons. The van der Waals surface area contributed by atoms with Crippen molar-refractivity contribution in [3.8, 4) is 0 Å². The number of carbonyl (C=O) groups is 1. The number of rotatable bonds is 5. The second-order valence-electron chi connectivity index (χ2n) is 4.03. The number of amides is 1. The second-order valence-corrected chi connectivity index (χ2v) is 4.03. The molecule has 0 atom stereocenters. The summed E-state index contributed by atoms with van der Waals surface area (Å²) in [5.74, 6) is 0.0277. The zero-order valence-electron chi connectivity index (χ0n) is 11.6. The summed E-state index contributed by atoms with van der Waals surface area (Å²) in [5, 5.41) is 0. The average molecular weight is 260 g/mol. The monoisotopic (exact) mass is 260 g/mol. The lowest BCUT2D eigenvalue weighted by Gasteiger charge is -2.22. The number of carbonyl (C=O) groups excluding carboxylic acids is 1. The minimum absolute atomic E-state index is 0.0277. The molecule has 5 heteroatoms. The van der Waals surface area contributed by atoms with Crippen LogP contribution in [0.3, 0.4) is 0 Å². The Hall–Kier alpha value is -2.17. The fraction of sp³-hybridized carbons (Fsp3) is 0.357. The average Bonchev–Trinajstić information content (AvgIpc) is 2.43. The lowest BCUT2D eigenvalue weighted by molar-refractivity contribution is -0.128. The minimum Gasteiger partial charge on any atom is -0.401 e. The molecular weight excluding hydrogens is 240 g/mol. The van der Waals surface area contributed by atoms with E-state index in [1.165, 1.54) is 0 Å². The number of hydrogen-bond donors (Lipinski definition) is 1. The van der Waals surface area contributed by atoms with Gasteiger partial charge in [-0.15, -0.1) is 0 Å². The largest absolute Gasteiger partial charge is 0.401 e. The minimum atomic E-state index is 0.0277. The highest BCUT2D eigenvalue weighted by Crippen LogP contribution is 2.12. The molecule has 0 unspecified atom stereocenters. The molecule has 1 rings (SSSR count). The summed E-state index contributed by atoms with van der Waals surface area (Å²) in [7, 11) is 0. The maximum atomic E-state index is 11.9. The summed E-state index contributed by atoms with van der Waals surface area (Å²) < 4.78 is 0. The van der Waals surface area contributed by atoms with E-state index < -0.39 is 0 Å². The van der Waals surface area contributed by atoms with Gasteiger partial charge in [0.15, 0.2) is 0 Å². The summed E-state index contributed by atoms with van der Waals surface area (Å²) in [6.07, 6.45) is 5.38. The van der Waals surface area contributed by atoms with Gasteiger partial charge in [-0.3, -0.25) is 14.8 Å². The molecule has 1 heterocycles. The van der Waals surface area contributed by atoms with Crippen LogP contribution in [0.2, 0.25) is 0 Å². The van der Waals surface area contributed by atoms with Gasteiger partial charge in [0.2, 0.25) is 5.91 Å². The van der Waals surface area contributed by atoms with E-state index in [0.29, 0.717) is 24.4 Å². The normalized spacial score (nSPS) is 12.4. The molecule has 1 amide bonds. The molecule has 5 nitrogen and oxygen atoms in total. The van der Waals surface area contributed by atoms with Crippen molar-refractivity contribution in [2.75, 3.05) is 6.54 Å². The van der Waals surface area contributed by atoms with Gasteiger partial charge in [0, 0.05) is 24.9 Å². The van der Waals surface area contributed by atoms with Crippen molar-refractivity contribution in [1.82, 2.24) is 9.88 Å². The van der Waals surface area contributed by atoms with Gasteiger partial charge in [-0.05, 0) is 26.0 Å². The van der Waals surface area contributed by atoms with Gasteiger partial charge in [0.25, 0.3) is 0 Å². The molecular formula is C14H20N4O. The molecule has 0 aliphatic rings. The highest BCUT2D eigenvalue weighted by atomic mass is 16.2. The Morgan fingerprint density at radius 3 is 2.74 bits per heavy atom. The van der Waals surface area contributed by atoms with Crippen LogP contribution < -0.4 is 5.73 Å². The van der Waals surface area contributed by atoms with Crippen LogP contribution in [-0.2, 0) is 4.79 Å². The second kappa shape index (κ2) is 7.31. The molecule has 1 aromatic rings. The lowest BCUT2D eigenvalue weighted by atomic mass is 10.3. The van der Waals surface area contributed by atoms with E-state index in [1.807, 2.05) is 19.9 Å². The number of aliphatic imine (C=N–C) groups is 1. The maximum Gasteiger partial charge on any atom is 0.226 e. The van der Waals surface area contributed by atoms with E-state index in [9.17, 15) is 4.79 Å². The van der Waals surface area contributed by atoms with Crippen molar-refractivity contribution in [3.05, 3.63) is 35.9 Å². The van der Waals surface area contributed by atoms with E-state index >= 15 is 0 Å². The van der Waals surface area contributed by atoms with Gasteiger partial charge in [0.05, 0.1) is 23.8 Å². The molecule has 0 aromatic carbocycles. The van der Waals surface area contributed by atoms with Crippen molar-refractivity contribution < 1.29 is 4.79 Å². The molecule has 0 spiro atoms. The number of hydrogen-bond acceptors (Lipinski definition) is 4. The quantitative estimate of drug-likeness (QED) is 0.825. The predicted molar refractivity (Wildman–Crippen MR) is 77.0 cm³/mol. The highest BCUT2D eigenvalue weighted by Gasteiger charge is 2.14. The molecule has 0 saturated carbocycles. The van der Waals surface area contributed by atoms with Crippen LogP contribution in [0.5, 0.6) is 0 Å². The SMILES string of the molecule is CCC(=O)N(CC)/C(C=Nc1cccnc1)=C(\C)N. The number of pyridine rings is 1. The Kier molecular flexibility index (Phi) is 5.73. The van der Waals surface area contributed by atoms with Gasteiger partial charge in [-0.2, -0.15) is 0 Å². The van der Waals surface area contributed by atoms with Crippen LogP contribution in [0.1, 0.15) is 27.2 Å². The van der Waals surface area contributed by atoms with Gasteiger partial charge < -0.3 is 10.6 Å². The zero-order valence-corrected chi connectivity index (χ0v) is 11.6. The van der Waals surface area contributed by atoms with Gasteiger partial charge in [-0.25, -0.2) is 0 Å². The maximum absolute atomic E-state index is 11.9. The summed E-state index contributed by atoms with van der Waals surface area (Å²) in [6, 6.07) is 3.64. The van der Waals surface area contributed by atoms with E-state index in [2.05, 4.69) is 9.98 Å². The van der Waals surface area contributed by atoms with Crippen molar-refractivity contribution in [3.63, 3.8) is 0 Å². The number of aromatic nitrogens is 1. The van der Waals surface area contributed by atoms with Crippen molar-refractivity contribution in [2.45, 2.75) is 27.2 Å². The van der Waals surface area contributed by atoms with Crippen LogP contribution in [0, 0.1) is 0 Å². The fourth-order valence-electron chi connectivity index (χ4n) is 1.62. The molecule has 0 radical (unpaired) electrons. The van der Waals surface area contributed by atoms with E-state index in [-0.39, 0.29) is 5.91 Å². The Morgan fingerprint density at radius 1 is 1.53 bits per heavy atom. The zero-order chi connectivity index (χ0) is 14.3. The molecule has 2 N–H and O–H groups in total. The summed E-state index contributed by atoms with van der Waals surface area (Å²) in [5.41, 5.74) is 7.78. The van der Waals surface area contributed by atoms with Crippen LogP contribution in [0.4, 0.5) is 5.69 Å². The summed E-state index contributed by atoms with van der Waals surface area (Å²) in [4.78, 5) is 21.8. The van der Waals surface area contributed by atoms with Crippen LogP contribution in [0.25, 0.3) is 0 Å². The smallest absolute Gasteiger partial charge is 0.226 e. The molecule has 0 fully saturated rings. The molecule has 19 heavy (non-hydrogen) atoms. The Morgan fingerprint density at radius 2 is 2.26 bits per heavy atom. The highest BCUT2D eigenvalue weighted by molar-refractivity contribution is 5.89. The molecule has 0 aliphatic heterocycles. The first kappa shape index (κ1) is 14.9. The Bertz CT molecular complexity index is 475. The third kappa shape index (κ3) is 4.21. The standard InChI is InChI=1S/C14H20N4O/c1-4-14(19)18(5-2)13(11(3)15)10-17-12-7-6-8-16-9-12/h6-10H,4-5,15H2,1-3H3/b13-11+,17-10?. The van der Waals surface area contributed by atoms with Crippen molar-refractivity contribution in [1.29, 1.82) is 0 Å². The fourth-order valence-corrected chi connectivity index (χ4v) is 1.62. The van der Waals surface area contributed by atoms with Gasteiger partial charge in [0.1, 0.15) is 0 Å². The first-order valence-electron chi connectivity index (χ1n) is 6.30. The van der Waals surface area contributed by atoms with E-state index in [4.69, 9.17) is 5.73 Å². The Labute approximate surface area is 113 Å². The molecule has 1 aromatic heterocycles. The summed E-state index contributed by atoms with van der Waals surface area (Å²) in [6.45, 7) is 6.06. The van der Waals surface area contributed by atoms with Crippen LogP contribution in [-0.4, -0.2) is 28.6 Å². The lowest BCUT2D eigenvalue weighted by Crippen LogP contribution is -2.32. The first-order chi connectivity index (χ1) is 9.10. The van der Waals surface area contributed by atoms with Crippen LogP contribution in [0.15, 0.2) is 40.9 Å². The summed E-state index contributed by atoms with van der Waals surface area (Å²) >= 11 is 0.